The largest absolute Gasteiger partial charge is 0.325 e. The topological polar surface area (TPSA) is 91.4 Å². The van der Waals surface area contributed by atoms with Crippen molar-refractivity contribution in [1.82, 2.24) is 9.29 Å². The van der Waals surface area contributed by atoms with E-state index in [2.05, 4.69) is 15.6 Å². The van der Waals surface area contributed by atoms with E-state index < -0.39 is 15.3 Å². The van der Waals surface area contributed by atoms with Gasteiger partial charge in [-0.1, -0.05) is 23.5 Å². The molecule has 0 bridgehead atoms. The lowest BCUT2D eigenvalue weighted by atomic mass is 10.2. The number of carbonyl (C=O) groups excluding carboxylic acids is 1. The van der Waals surface area contributed by atoms with Gasteiger partial charge in [-0.25, -0.2) is 18.2 Å². The monoisotopic (exact) mass is 394 g/mol. The van der Waals surface area contributed by atoms with E-state index in [1.807, 2.05) is 31.2 Å². The van der Waals surface area contributed by atoms with Crippen molar-refractivity contribution in [2.75, 3.05) is 17.2 Å². The first-order valence-corrected chi connectivity index (χ1v) is 10.7. The third-order valence-electron chi connectivity index (χ3n) is 4.15. The number of rotatable bonds is 4. The van der Waals surface area contributed by atoms with Crippen LogP contribution in [0.1, 0.15) is 30.0 Å². The maximum absolute atomic E-state index is 12.3. The highest BCUT2D eigenvalue weighted by Gasteiger charge is 2.31. The summed E-state index contributed by atoms with van der Waals surface area (Å²) in [6.45, 7) is 6.05. The lowest BCUT2D eigenvalue weighted by molar-refractivity contribution is 0.262. The molecule has 1 aliphatic heterocycles. The summed E-state index contributed by atoms with van der Waals surface area (Å²) in [5, 5.41) is 5.53. The van der Waals surface area contributed by atoms with Gasteiger partial charge in [-0.05, 0) is 38.5 Å². The van der Waals surface area contributed by atoms with Crippen molar-refractivity contribution in [1.29, 1.82) is 0 Å². The van der Waals surface area contributed by atoms with Gasteiger partial charge in [-0.2, -0.15) is 4.31 Å². The Kier molecular flexibility index (Phi) is 5.31. The molecule has 2 heterocycles. The van der Waals surface area contributed by atoms with Crippen LogP contribution in [-0.4, -0.2) is 35.5 Å². The van der Waals surface area contributed by atoms with Gasteiger partial charge in [0.25, 0.3) is 0 Å². The molecule has 140 valence electrons. The quantitative estimate of drug-likeness (QED) is 0.833. The molecule has 0 atom stereocenters. The highest BCUT2D eigenvalue weighted by Crippen LogP contribution is 2.30. The molecule has 2 N–H and O–H groups in total. The second-order valence-electron chi connectivity index (χ2n) is 6.51. The Bertz CT molecular complexity index is 922. The van der Waals surface area contributed by atoms with Crippen LogP contribution in [0.3, 0.4) is 0 Å². The smallest absolute Gasteiger partial charge is 0.308 e. The highest BCUT2D eigenvalue weighted by molar-refractivity contribution is 7.89. The van der Waals surface area contributed by atoms with Gasteiger partial charge in [-0.15, -0.1) is 0 Å². The molecule has 2 amide bonds. The molecule has 0 saturated carbocycles. The summed E-state index contributed by atoms with van der Waals surface area (Å²) in [5.74, 6) is 0. The minimum atomic E-state index is -3.29. The number of aromatic nitrogens is 1. The summed E-state index contributed by atoms with van der Waals surface area (Å²) in [6.07, 6.45) is 0.555. The summed E-state index contributed by atoms with van der Waals surface area (Å²) >= 11 is 1.32. The van der Waals surface area contributed by atoms with E-state index in [1.54, 1.807) is 13.8 Å². The first-order valence-electron chi connectivity index (χ1n) is 8.38. The van der Waals surface area contributed by atoms with Crippen LogP contribution in [0.4, 0.5) is 15.6 Å². The fourth-order valence-electron chi connectivity index (χ4n) is 2.72. The standard InChI is InChI=1S/C17H22N4O3S2/c1-11(2)26(23,24)21-8-7-14-15(10-21)25-17(19-14)20-16(22)18-13-6-4-5-12(3)9-13/h4-6,9,11H,7-8,10H2,1-3H3,(H2,18,19,20,22). The lowest BCUT2D eigenvalue weighted by Crippen LogP contribution is -2.39. The van der Waals surface area contributed by atoms with Crippen LogP contribution in [0.15, 0.2) is 24.3 Å². The first-order chi connectivity index (χ1) is 12.3. The van der Waals surface area contributed by atoms with Crippen LogP contribution in [0.5, 0.6) is 0 Å². The average Bonchev–Trinajstić information content (AvgIpc) is 2.95. The van der Waals surface area contributed by atoms with Gasteiger partial charge in [0.1, 0.15) is 0 Å². The molecular formula is C17H22N4O3S2. The molecule has 3 rings (SSSR count). The third-order valence-corrected chi connectivity index (χ3v) is 7.37. The lowest BCUT2D eigenvalue weighted by Gasteiger charge is -2.26. The first kappa shape index (κ1) is 18.8. The molecule has 2 aromatic rings. The Labute approximate surface area is 157 Å². The molecular weight excluding hydrogens is 372 g/mol. The van der Waals surface area contributed by atoms with Gasteiger partial charge in [0.2, 0.25) is 10.0 Å². The number of carbonyl (C=O) groups is 1. The number of thiazole rings is 1. The predicted molar refractivity (Wildman–Crippen MR) is 104 cm³/mol. The maximum Gasteiger partial charge on any atom is 0.325 e. The van der Waals surface area contributed by atoms with E-state index in [0.717, 1.165) is 16.1 Å². The number of nitrogens with zero attached hydrogens (tertiary/aromatic N) is 2. The predicted octanol–water partition coefficient (Wildman–Crippen LogP) is 3.19. The van der Waals surface area contributed by atoms with Gasteiger partial charge in [0.15, 0.2) is 5.13 Å². The zero-order valence-electron chi connectivity index (χ0n) is 14.9. The van der Waals surface area contributed by atoms with E-state index in [1.165, 1.54) is 15.6 Å². The van der Waals surface area contributed by atoms with Gasteiger partial charge >= 0.3 is 6.03 Å². The van der Waals surface area contributed by atoms with Crippen molar-refractivity contribution >= 4 is 38.2 Å². The number of fused-ring (bicyclic) bond motifs is 1. The third kappa shape index (κ3) is 4.05. The fraction of sp³-hybridized carbons (Fsp3) is 0.412. The Hall–Kier alpha value is -1.97. The van der Waals surface area contributed by atoms with Crippen molar-refractivity contribution in [3.05, 3.63) is 40.4 Å². The van der Waals surface area contributed by atoms with E-state index in [-0.39, 0.29) is 6.03 Å². The molecule has 0 unspecified atom stereocenters. The summed E-state index contributed by atoms with van der Waals surface area (Å²) in [5.41, 5.74) is 2.62. The zero-order valence-corrected chi connectivity index (χ0v) is 16.6. The molecule has 1 aromatic carbocycles. The summed E-state index contributed by atoms with van der Waals surface area (Å²) in [7, 11) is -3.29. The zero-order chi connectivity index (χ0) is 18.9. The van der Waals surface area contributed by atoms with Crippen LogP contribution >= 0.6 is 11.3 Å². The number of amides is 2. The average molecular weight is 395 g/mol. The molecule has 0 saturated heterocycles. The van der Waals surface area contributed by atoms with Crippen LogP contribution in [0.2, 0.25) is 0 Å². The molecule has 0 spiro atoms. The SMILES string of the molecule is Cc1cccc(NC(=O)Nc2nc3c(s2)CN(S(=O)(=O)C(C)C)CC3)c1. The number of hydrogen-bond acceptors (Lipinski definition) is 5. The van der Waals surface area contributed by atoms with E-state index in [0.29, 0.717) is 30.3 Å². The van der Waals surface area contributed by atoms with Crippen LogP contribution < -0.4 is 10.6 Å². The number of nitrogens with one attached hydrogen (secondary N) is 2. The Morgan fingerprint density at radius 3 is 2.77 bits per heavy atom. The number of anilines is 2. The van der Waals surface area contributed by atoms with Crippen LogP contribution in [-0.2, 0) is 23.0 Å². The Morgan fingerprint density at radius 1 is 1.31 bits per heavy atom. The van der Waals surface area contributed by atoms with Crippen molar-refractivity contribution < 1.29 is 13.2 Å². The molecule has 0 aliphatic carbocycles. The Balaban J connectivity index is 1.67. The number of hydrogen-bond donors (Lipinski definition) is 2. The minimum absolute atomic E-state index is 0.314. The molecule has 26 heavy (non-hydrogen) atoms. The maximum atomic E-state index is 12.3. The molecule has 0 radical (unpaired) electrons. The molecule has 9 heteroatoms. The van der Waals surface area contributed by atoms with Crippen molar-refractivity contribution in [3.63, 3.8) is 0 Å². The summed E-state index contributed by atoms with van der Waals surface area (Å²) in [4.78, 5) is 17.5. The number of benzene rings is 1. The number of sulfonamides is 1. The second kappa shape index (κ2) is 7.34. The van der Waals surface area contributed by atoms with E-state index >= 15 is 0 Å². The summed E-state index contributed by atoms with van der Waals surface area (Å²) in [6, 6.07) is 7.15. The van der Waals surface area contributed by atoms with Gasteiger partial charge in [0, 0.05) is 30.1 Å². The van der Waals surface area contributed by atoms with E-state index in [4.69, 9.17) is 0 Å². The van der Waals surface area contributed by atoms with Crippen LogP contribution in [0.25, 0.3) is 0 Å². The number of urea groups is 1. The minimum Gasteiger partial charge on any atom is -0.308 e. The van der Waals surface area contributed by atoms with Gasteiger partial charge < -0.3 is 5.32 Å². The summed E-state index contributed by atoms with van der Waals surface area (Å²) < 4.78 is 26.2. The fourth-order valence-corrected chi connectivity index (χ4v) is 5.07. The normalized spacial score (nSPS) is 14.9. The molecule has 1 aliphatic rings. The molecule has 0 fully saturated rings. The van der Waals surface area contributed by atoms with Gasteiger partial charge in [-0.3, -0.25) is 5.32 Å². The van der Waals surface area contributed by atoms with Crippen molar-refractivity contribution in [3.8, 4) is 0 Å². The van der Waals surface area contributed by atoms with E-state index in [9.17, 15) is 13.2 Å². The number of aryl methyl sites for hydroxylation is 1. The molecule has 7 nitrogen and oxygen atoms in total. The Morgan fingerprint density at radius 2 is 2.08 bits per heavy atom. The molecule has 1 aromatic heterocycles. The van der Waals surface area contributed by atoms with Crippen molar-refractivity contribution in [2.24, 2.45) is 0 Å². The highest BCUT2D eigenvalue weighted by atomic mass is 32.2. The van der Waals surface area contributed by atoms with Crippen molar-refractivity contribution in [2.45, 2.75) is 39.0 Å². The second-order valence-corrected chi connectivity index (χ2v) is 10.1. The van der Waals surface area contributed by atoms with Crippen LogP contribution in [0, 0.1) is 6.92 Å². The van der Waals surface area contributed by atoms with Gasteiger partial charge in [0.05, 0.1) is 10.9 Å².